The van der Waals surface area contributed by atoms with Crippen LogP contribution in [0.25, 0.3) is 5.82 Å². The van der Waals surface area contributed by atoms with Crippen molar-refractivity contribution in [3.8, 4) is 11.6 Å². The second-order valence-corrected chi connectivity index (χ2v) is 7.81. The number of hydrogen-bond acceptors (Lipinski definition) is 6. The Balaban J connectivity index is 1.54. The molecule has 1 aliphatic rings. The van der Waals surface area contributed by atoms with Gasteiger partial charge in [-0.1, -0.05) is 35.9 Å². The number of aromatic nitrogens is 5. The fraction of sp³-hybridized carbons (Fsp3) is 0.174. The first-order chi connectivity index (χ1) is 15.6. The van der Waals surface area contributed by atoms with Crippen molar-refractivity contribution < 1.29 is 9.53 Å². The van der Waals surface area contributed by atoms with Crippen molar-refractivity contribution in [2.24, 2.45) is 0 Å². The number of carbonyl (C=O) groups excluding carboxylic acids is 1. The van der Waals surface area contributed by atoms with Crippen molar-refractivity contribution in [1.29, 1.82) is 0 Å². The average Bonchev–Trinajstić information content (AvgIpc) is 3.14. The summed E-state index contributed by atoms with van der Waals surface area (Å²) < 4.78 is 7.71. The molecule has 9 heteroatoms. The second kappa shape index (κ2) is 8.39. The average molecular weight is 447 g/mol. The minimum Gasteiger partial charge on any atom is -0.487 e. The molecule has 160 valence electrons. The summed E-state index contributed by atoms with van der Waals surface area (Å²) in [5.41, 5.74) is 3.47. The third kappa shape index (κ3) is 3.80. The van der Waals surface area contributed by atoms with Crippen LogP contribution in [0.1, 0.15) is 34.9 Å². The number of fused-ring (bicyclic) bond motifs is 1. The number of nitrogens with zero attached hydrogens (tertiary/aromatic N) is 5. The summed E-state index contributed by atoms with van der Waals surface area (Å²) in [6, 6.07) is 16.8. The van der Waals surface area contributed by atoms with Crippen molar-refractivity contribution in [1.82, 2.24) is 25.0 Å². The van der Waals surface area contributed by atoms with E-state index in [1.54, 1.807) is 23.0 Å². The van der Waals surface area contributed by atoms with Crippen molar-refractivity contribution in [3.05, 3.63) is 88.5 Å². The zero-order valence-electron chi connectivity index (χ0n) is 17.2. The maximum atomic E-state index is 12.7. The van der Waals surface area contributed by atoms with Gasteiger partial charge >= 0.3 is 0 Å². The van der Waals surface area contributed by atoms with E-state index in [1.165, 1.54) is 0 Å². The van der Waals surface area contributed by atoms with Crippen LogP contribution in [0.15, 0.2) is 60.8 Å². The summed E-state index contributed by atoms with van der Waals surface area (Å²) in [5, 5.41) is 15.9. The van der Waals surface area contributed by atoms with Crippen molar-refractivity contribution in [2.75, 3.05) is 5.32 Å². The fourth-order valence-corrected chi connectivity index (χ4v) is 4.04. The molecule has 32 heavy (non-hydrogen) atoms. The number of hydrogen-bond donors (Lipinski definition) is 1. The van der Waals surface area contributed by atoms with E-state index >= 15 is 0 Å². The molecule has 1 aromatic carbocycles. The Hall–Kier alpha value is -3.78. The number of amides is 1. The summed E-state index contributed by atoms with van der Waals surface area (Å²) >= 11 is 5.87. The molecule has 0 saturated heterocycles. The number of anilines is 1. The highest BCUT2D eigenvalue weighted by atomic mass is 35.5. The molecule has 0 fully saturated rings. The van der Waals surface area contributed by atoms with Crippen LogP contribution in [0, 0.1) is 6.92 Å². The van der Waals surface area contributed by atoms with Gasteiger partial charge in [0.15, 0.2) is 11.0 Å². The summed E-state index contributed by atoms with van der Waals surface area (Å²) in [6.45, 7) is 2.25. The largest absolute Gasteiger partial charge is 0.487 e. The van der Waals surface area contributed by atoms with Gasteiger partial charge in [-0.25, -0.2) is 0 Å². The molecule has 8 nitrogen and oxygen atoms in total. The van der Waals surface area contributed by atoms with Gasteiger partial charge in [-0.3, -0.25) is 9.78 Å². The Morgan fingerprint density at radius 2 is 1.97 bits per heavy atom. The van der Waals surface area contributed by atoms with Crippen molar-refractivity contribution in [2.45, 2.75) is 25.9 Å². The summed E-state index contributed by atoms with van der Waals surface area (Å²) in [4.78, 5) is 17.0. The number of aryl methyl sites for hydroxylation is 1. The smallest absolute Gasteiger partial charge is 0.226 e. The lowest BCUT2D eigenvalue weighted by Gasteiger charge is -2.25. The number of nitrogens with one attached hydrogen (secondary N) is 1. The third-order valence-electron chi connectivity index (χ3n) is 5.33. The van der Waals surface area contributed by atoms with Crippen LogP contribution in [0.5, 0.6) is 5.75 Å². The Morgan fingerprint density at radius 1 is 1.12 bits per heavy atom. The first kappa shape index (κ1) is 20.1. The third-order valence-corrected chi connectivity index (χ3v) is 5.54. The van der Waals surface area contributed by atoms with Gasteiger partial charge in [-0.15, -0.1) is 10.2 Å². The molecule has 4 aromatic rings. The van der Waals surface area contributed by atoms with Crippen LogP contribution < -0.4 is 10.1 Å². The van der Waals surface area contributed by atoms with Gasteiger partial charge in [0, 0.05) is 29.7 Å². The summed E-state index contributed by atoms with van der Waals surface area (Å²) in [6.07, 6.45) is 2.02. The Morgan fingerprint density at radius 3 is 2.75 bits per heavy atom. The minimum absolute atomic E-state index is 0.106. The summed E-state index contributed by atoms with van der Waals surface area (Å²) in [7, 11) is 0. The molecular weight excluding hydrogens is 428 g/mol. The van der Waals surface area contributed by atoms with Gasteiger partial charge in [-0.05, 0) is 37.3 Å². The van der Waals surface area contributed by atoms with Gasteiger partial charge < -0.3 is 10.1 Å². The van der Waals surface area contributed by atoms with E-state index in [-0.39, 0.29) is 23.4 Å². The molecule has 0 unspecified atom stereocenters. The molecule has 1 aliphatic heterocycles. The van der Waals surface area contributed by atoms with Gasteiger partial charge in [0.05, 0.1) is 11.4 Å². The standard InChI is InChI=1S/C23H19ClN6O2/c1-14-22-17(16-7-2-3-8-18(16)32-13-15-6-4-5-11-25-15)12-21(31)26-23(22)30(29-14)20-10-9-19(24)27-28-20/h2-11,17H,12-13H2,1H3,(H,26,31)/t17-/m0/s1. The quantitative estimate of drug-likeness (QED) is 0.496. The molecule has 0 bridgehead atoms. The van der Waals surface area contributed by atoms with Crippen LogP contribution in [-0.2, 0) is 11.4 Å². The Labute approximate surface area is 189 Å². The monoisotopic (exact) mass is 446 g/mol. The number of halogens is 1. The molecule has 0 saturated carbocycles. The highest BCUT2D eigenvalue weighted by Gasteiger charge is 2.34. The first-order valence-electron chi connectivity index (χ1n) is 10.1. The van der Waals surface area contributed by atoms with Gasteiger partial charge in [0.1, 0.15) is 18.2 Å². The number of pyridine rings is 1. The molecule has 0 radical (unpaired) electrons. The zero-order valence-corrected chi connectivity index (χ0v) is 18.0. The molecular formula is C23H19ClN6O2. The van der Waals surface area contributed by atoms with Crippen LogP contribution in [0.2, 0.25) is 5.15 Å². The lowest BCUT2D eigenvalue weighted by molar-refractivity contribution is -0.116. The predicted octanol–water partition coefficient (Wildman–Crippen LogP) is 4.07. The SMILES string of the molecule is Cc1nn(-c2ccc(Cl)nn2)c2c1[C@H](c1ccccc1OCc1ccccn1)CC(=O)N2. The minimum atomic E-state index is -0.215. The Bertz CT molecular complexity index is 1270. The molecule has 5 rings (SSSR count). The molecule has 4 heterocycles. The number of benzene rings is 1. The van der Waals surface area contributed by atoms with Gasteiger partial charge in [0.25, 0.3) is 0 Å². The second-order valence-electron chi connectivity index (χ2n) is 7.43. The van der Waals surface area contributed by atoms with Crippen LogP contribution in [0.3, 0.4) is 0 Å². The highest BCUT2D eigenvalue weighted by Crippen LogP contribution is 2.43. The zero-order chi connectivity index (χ0) is 22.1. The molecule has 1 atom stereocenters. The normalized spacial score (nSPS) is 15.2. The Kier molecular flexibility index (Phi) is 5.28. The number of carbonyl (C=O) groups is 1. The van der Waals surface area contributed by atoms with E-state index in [0.29, 0.717) is 24.0 Å². The predicted molar refractivity (Wildman–Crippen MR) is 119 cm³/mol. The van der Waals surface area contributed by atoms with E-state index < -0.39 is 0 Å². The van der Waals surface area contributed by atoms with Crippen LogP contribution in [-0.4, -0.2) is 30.9 Å². The van der Waals surface area contributed by atoms with E-state index in [0.717, 1.165) is 22.5 Å². The first-order valence-corrected chi connectivity index (χ1v) is 10.5. The van der Waals surface area contributed by atoms with E-state index in [4.69, 9.17) is 16.3 Å². The number of rotatable bonds is 5. The van der Waals surface area contributed by atoms with Crippen LogP contribution in [0.4, 0.5) is 5.82 Å². The molecule has 3 aromatic heterocycles. The molecule has 0 aliphatic carbocycles. The van der Waals surface area contributed by atoms with Gasteiger partial charge in [0.2, 0.25) is 5.91 Å². The maximum Gasteiger partial charge on any atom is 0.226 e. The van der Waals surface area contributed by atoms with Crippen molar-refractivity contribution >= 4 is 23.3 Å². The van der Waals surface area contributed by atoms with Crippen LogP contribution >= 0.6 is 11.6 Å². The van der Waals surface area contributed by atoms with E-state index in [1.807, 2.05) is 49.4 Å². The van der Waals surface area contributed by atoms with Crippen molar-refractivity contribution in [3.63, 3.8) is 0 Å². The topological polar surface area (TPSA) is 94.8 Å². The highest BCUT2D eigenvalue weighted by molar-refractivity contribution is 6.29. The molecule has 0 spiro atoms. The number of para-hydroxylation sites is 1. The molecule has 1 N–H and O–H groups in total. The fourth-order valence-electron chi connectivity index (χ4n) is 3.94. The maximum absolute atomic E-state index is 12.7. The van der Waals surface area contributed by atoms with Gasteiger partial charge in [-0.2, -0.15) is 9.78 Å². The molecule has 1 amide bonds. The summed E-state index contributed by atoms with van der Waals surface area (Å²) in [5.74, 6) is 1.44. The van der Waals surface area contributed by atoms with E-state index in [9.17, 15) is 4.79 Å². The van der Waals surface area contributed by atoms with E-state index in [2.05, 4.69) is 25.6 Å². The lowest BCUT2D eigenvalue weighted by Crippen LogP contribution is -2.25. The number of ether oxygens (including phenoxy) is 1. The lowest BCUT2D eigenvalue weighted by atomic mass is 9.85.